The smallest absolute Gasteiger partial charge is 0.251 e. The van der Waals surface area contributed by atoms with Crippen molar-refractivity contribution in [2.45, 2.75) is 13.5 Å². The molecule has 0 aliphatic rings. The maximum atomic E-state index is 12.1. The minimum atomic E-state index is -0.0634. The van der Waals surface area contributed by atoms with Crippen LogP contribution in [0.25, 0.3) is 0 Å². The number of nitrogens with two attached hydrogens (primary N) is 1. The van der Waals surface area contributed by atoms with Gasteiger partial charge in [-0.15, -0.1) is 0 Å². The fraction of sp³-hybridized carbons (Fsp3) is 0.167. The second-order valence-electron chi connectivity index (χ2n) is 4.70. The molecule has 106 valence electrons. The summed E-state index contributed by atoms with van der Waals surface area (Å²) < 4.78 is 0. The Kier molecular flexibility index (Phi) is 5.14. The molecular weight excluding hydrogens is 260 g/mol. The molecule has 0 aliphatic heterocycles. The van der Waals surface area contributed by atoms with E-state index in [-0.39, 0.29) is 5.91 Å². The number of carbonyl (C=O) groups excluding carboxylic acids is 1. The summed E-state index contributed by atoms with van der Waals surface area (Å²) in [5.74, 6) is 5.74. The molecule has 0 spiro atoms. The lowest BCUT2D eigenvalue weighted by Crippen LogP contribution is -2.23. The van der Waals surface area contributed by atoms with Crippen molar-refractivity contribution in [2.75, 3.05) is 6.54 Å². The molecule has 0 aliphatic carbocycles. The van der Waals surface area contributed by atoms with E-state index in [4.69, 9.17) is 5.73 Å². The van der Waals surface area contributed by atoms with E-state index >= 15 is 0 Å². The molecule has 3 N–H and O–H groups in total. The third-order valence-corrected chi connectivity index (χ3v) is 3.10. The molecule has 2 rings (SSSR count). The lowest BCUT2D eigenvalue weighted by Gasteiger charge is -2.08. The van der Waals surface area contributed by atoms with Crippen molar-refractivity contribution in [1.82, 2.24) is 5.32 Å². The lowest BCUT2D eigenvalue weighted by molar-refractivity contribution is 0.0950. The highest BCUT2D eigenvalue weighted by Gasteiger charge is 2.07. The Bertz CT molecular complexity index is 696. The summed E-state index contributed by atoms with van der Waals surface area (Å²) >= 11 is 0. The minimum absolute atomic E-state index is 0.0634. The topological polar surface area (TPSA) is 55.1 Å². The fourth-order valence-corrected chi connectivity index (χ4v) is 2.02. The minimum Gasteiger partial charge on any atom is -0.348 e. The molecule has 0 saturated heterocycles. The highest BCUT2D eigenvalue weighted by atomic mass is 16.1. The van der Waals surface area contributed by atoms with Crippen molar-refractivity contribution in [2.24, 2.45) is 5.73 Å². The van der Waals surface area contributed by atoms with Crippen molar-refractivity contribution in [3.05, 3.63) is 70.8 Å². The number of benzene rings is 2. The molecule has 0 heterocycles. The third kappa shape index (κ3) is 4.20. The number of hydrogen-bond acceptors (Lipinski definition) is 2. The number of carbonyl (C=O) groups is 1. The maximum absolute atomic E-state index is 12.1. The molecule has 0 fully saturated rings. The van der Waals surface area contributed by atoms with E-state index in [1.165, 1.54) is 0 Å². The number of rotatable bonds is 3. The van der Waals surface area contributed by atoms with E-state index in [0.717, 1.165) is 16.7 Å². The van der Waals surface area contributed by atoms with Crippen LogP contribution < -0.4 is 11.1 Å². The first-order valence-electron chi connectivity index (χ1n) is 6.82. The molecule has 1 amide bonds. The first-order valence-corrected chi connectivity index (χ1v) is 6.82. The van der Waals surface area contributed by atoms with Gasteiger partial charge in [-0.2, -0.15) is 0 Å². The normalized spacial score (nSPS) is 9.62. The standard InChI is InChI=1S/C18H18N2O/c1-14-6-2-3-10-17(14)18(21)20-13-16-8-4-7-15(12-16)9-5-11-19/h2-4,6-8,10,12H,11,13,19H2,1H3,(H,20,21). The zero-order valence-electron chi connectivity index (χ0n) is 12.0. The second kappa shape index (κ2) is 7.28. The Morgan fingerprint density at radius 2 is 2.00 bits per heavy atom. The Morgan fingerprint density at radius 3 is 2.76 bits per heavy atom. The Hall–Kier alpha value is -2.57. The van der Waals surface area contributed by atoms with Crippen molar-refractivity contribution >= 4 is 5.91 Å². The first kappa shape index (κ1) is 14.8. The molecule has 3 heteroatoms. The van der Waals surface area contributed by atoms with E-state index in [9.17, 15) is 4.79 Å². The zero-order valence-corrected chi connectivity index (χ0v) is 12.0. The molecule has 2 aromatic rings. The third-order valence-electron chi connectivity index (χ3n) is 3.10. The average Bonchev–Trinajstić information content (AvgIpc) is 2.51. The molecule has 0 bridgehead atoms. The molecule has 0 saturated carbocycles. The quantitative estimate of drug-likeness (QED) is 0.846. The highest BCUT2D eigenvalue weighted by Crippen LogP contribution is 2.08. The van der Waals surface area contributed by atoms with Crippen LogP contribution in [0.15, 0.2) is 48.5 Å². The molecule has 0 aromatic heterocycles. The van der Waals surface area contributed by atoms with Gasteiger partial charge in [0.1, 0.15) is 0 Å². The number of hydrogen-bond donors (Lipinski definition) is 2. The molecular formula is C18H18N2O. The van der Waals surface area contributed by atoms with Crippen molar-refractivity contribution in [3.63, 3.8) is 0 Å². The summed E-state index contributed by atoms with van der Waals surface area (Å²) in [5, 5.41) is 2.93. The number of amides is 1. The summed E-state index contributed by atoms with van der Waals surface area (Å²) in [6.07, 6.45) is 0. The lowest BCUT2D eigenvalue weighted by atomic mass is 10.1. The second-order valence-corrected chi connectivity index (χ2v) is 4.70. The van der Waals surface area contributed by atoms with Gasteiger partial charge in [0.25, 0.3) is 5.91 Å². The van der Waals surface area contributed by atoms with Crippen LogP contribution in [0.1, 0.15) is 27.0 Å². The molecule has 0 atom stereocenters. The predicted octanol–water partition coefficient (Wildman–Crippen LogP) is 2.24. The summed E-state index contributed by atoms with van der Waals surface area (Å²) in [4.78, 5) is 12.1. The molecule has 0 unspecified atom stereocenters. The SMILES string of the molecule is Cc1ccccc1C(=O)NCc1cccc(C#CCN)c1. The van der Waals surface area contributed by atoms with Gasteiger partial charge in [-0.1, -0.05) is 42.2 Å². The summed E-state index contributed by atoms with van der Waals surface area (Å²) in [6.45, 7) is 2.75. The van der Waals surface area contributed by atoms with Gasteiger partial charge >= 0.3 is 0 Å². The van der Waals surface area contributed by atoms with Crippen LogP contribution in [0.3, 0.4) is 0 Å². The molecule has 2 aromatic carbocycles. The van der Waals surface area contributed by atoms with Gasteiger partial charge in [0, 0.05) is 17.7 Å². The highest BCUT2D eigenvalue weighted by molar-refractivity contribution is 5.95. The van der Waals surface area contributed by atoms with Gasteiger partial charge in [0.2, 0.25) is 0 Å². The molecule has 3 nitrogen and oxygen atoms in total. The van der Waals surface area contributed by atoms with Crippen LogP contribution in [0, 0.1) is 18.8 Å². The molecule has 21 heavy (non-hydrogen) atoms. The van der Waals surface area contributed by atoms with Crippen LogP contribution in [0.5, 0.6) is 0 Å². The zero-order chi connectivity index (χ0) is 15.1. The Labute approximate surface area is 125 Å². The van der Waals surface area contributed by atoms with E-state index < -0.39 is 0 Å². The summed E-state index contributed by atoms with van der Waals surface area (Å²) in [5.41, 5.74) is 8.96. The van der Waals surface area contributed by atoms with E-state index in [2.05, 4.69) is 17.2 Å². The number of nitrogens with one attached hydrogen (secondary N) is 1. The van der Waals surface area contributed by atoms with Gasteiger partial charge in [-0.3, -0.25) is 4.79 Å². The van der Waals surface area contributed by atoms with Crippen molar-refractivity contribution in [1.29, 1.82) is 0 Å². The van der Waals surface area contributed by atoms with E-state index in [1.807, 2.05) is 55.5 Å². The van der Waals surface area contributed by atoms with Crippen LogP contribution in [0.4, 0.5) is 0 Å². The monoisotopic (exact) mass is 278 g/mol. The van der Waals surface area contributed by atoms with Gasteiger partial charge < -0.3 is 11.1 Å². The van der Waals surface area contributed by atoms with E-state index in [0.29, 0.717) is 18.7 Å². The average molecular weight is 278 g/mol. The largest absolute Gasteiger partial charge is 0.348 e. The maximum Gasteiger partial charge on any atom is 0.251 e. The van der Waals surface area contributed by atoms with Gasteiger partial charge in [-0.25, -0.2) is 0 Å². The number of aryl methyl sites for hydroxylation is 1. The van der Waals surface area contributed by atoms with Gasteiger partial charge in [0.15, 0.2) is 0 Å². The van der Waals surface area contributed by atoms with Gasteiger partial charge in [0.05, 0.1) is 6.54 Å². The van der Waals surface area contributed by atoms with Crippen molar-refractivity contribution < 1.29 is 4.79 Å². The van der Waals surface area contributed by atoms with Crippen LogP contribution in [-0.2, 0) is 6.54 Å². The first-order chi connectivity index (χ1) is 10.2. The van der Waals surface area contributed by atoms with Crippen LogP contribution in [0.2, 0.25) is 0 Å². The fourth-order valence-electron chi connectivity index (χ4n) is 2.02. The Morgan fingerprint density at radius 1 is 1.19 bits per heavy atom. The van der Waals surface area contributed by atoms with E-state index in [1.54, 1.807) is 0 Å². The predicted molar refractivity (Wildman–Crippen MR) is 84.7 cm³/mol. The molecule has 0 radical (unpaired) electrons. The van der Waals surface area contributed by atoms with Gasteiger partial charge in [-0.05, 0) is 36.2 Å². The summed E-state index contributed by atoms with van der Waals surface area (Å²) in [7, 11) is 0. The van der Waals surface area contributed by atoms with Crippen LogP contribution >= 0.6 is 0 Å². The summed E-state index contributed by atoms with van der Waals surface area (Å²) in [6, 6.07) is 15.3. The van der Waals surface area contributed by atoms with Crippen LogP contribution in [-0.4, -0.2) is 12.5 Å². The Balaban J connectivity index is 2.03. The van der Waals surface area contributed by atoms with Crippen molar-refractivity contribution in [3.8, 4) is 11.8 Å².